The van der Waals surface area contributed by atoms with Crippen LogP contribution in [-0.2, 0) is 4.74 Å². The highest BCUT2D eigenvalue weighted by molar-refractivity contribution is 7.15. The molecular weight excluding hydrogens is 438 g/mol. The van der Waals surface area contributed by atoms with Gasteiger partial charge in [-0.2, -0.15) is 9.50 Å². The van der Waals surface area contributed by atoms with Crippen LogP contribution in [0, 0.1) is 6.92 Å². The van der Waals surface area contributed by atoms with Gasteiger partial charge in [0.1, 0.15) is 16.1 Å². The van der Waals surface area contributed by atoms with Crippen molar-refractivity contribution >= 4 is 28.3 Å². The highest BCUT2D eigenvalue weighted by atomic mass is 32.1. The van der Waals surface area contributed by atoms with E-state index in [9.17, 15) is 9.59 Å². The van der Waals surface area contributed by atoms with Gasteiger partial charge in [-0.25, -0.2) is 4.79 Å². The zero-order valence-corrected chi connectivity index (χ0v) is 18.8. The molecule has 0 saturated carbocycles. The summed E-state index contributed by atoms with van der Waals surface area (Å²) in [6.07, 6.45) is 1.69. The molecule has 2 aromatic carbocycles. The van der Waals surface area contributed by atoms with Gasteiger partial charge in [0.15, 0.2) is 5.82 Å². The summed E-state index contributed by atoms with van der Waals surface area (Å²) in [4.78, 5) is 29.7. The number of carbonyl (C=O) groups excluding carboxylic acids is 1. The summed E-state index contributed by atoms with van der Waals surface area (Å²) in [6, 6.07) is 18.4. The molecule has 33 heavy (non-hydrogen) atoms. The number of fused-ring (bicyclic) bond motifs is 1. The van der Waals surface area contributed by atoms with E-state index in [0.717, 1.165) is 16.7 Å². The summed E-state index contributed by atoms with van der Waals surface area (Å²) in [7, 11) is 0. The van der Waals surface area contributed by atoms with Crippen molar-refractivity contribution < 1.29 is 13.9 Å². The van der Waals surface area contributed by atoms with E-state index in [0.29, 0.717) is 39.0 Å². The number of rotatable bonds is 5. The Labute approximate surface area is 192 Å². The maximum Gasteiger partial charge on any atom is 0.338 e. The first-order valence-corrected chi connectivity index (χ1v) is 11.2. The van der Waals surface area contributed by atoms with Crippen molar-refractivity contribution in [1.29, 1.82) is 0 Å². The van der Waals surface area contributed by atoms with E-state index in [-0.39, 0.29) is 11.5 Å². The molecule has 164 valence electrons. The Morgan fingerprint density at radius 2 is 1.91 bits per heavy atom. The van der Waals surface area contributed by atoms with E-state index >= 15 is 0 Å². The third-order valence-electron chi connectivity index (χ3n) is 5.15. The van der Waals surface area contributed by atoms with E-state index in [2.05, 4.69) is 10.1 Å². The number of benzene rings is 2. The third-order valence-corrected chi connectivity index (χ3v) is 6.11. The highest BCUT2D eigenvalue weighted by Crippen LogP contribution is 2.24. The predicted molar refractivity (Wildman–Crippen MR) is 126 cm³/mol. The Bertz CT molecular complexity index is 1580. The first-order valence-electron chi connectivity index (χ1n) is 10.4. The Morgan fingerprint density at radius 1 is 1.12 bits per heavy atom. The molecular formula is C25H19N3O4S. The number of aryl methyl sites for hydroxylation is 1. The summed E-state index contributed by atoms with van der Waals surface area (Å²) < 4.78 is 12.7. The summed E-state index contributed by atoms with van der Waals surface area (Å²) in [5, 5.41) is 4.41. The first-order chi connectivity index (χ1) is 16.0. The molecule has 0 unspecified atom stereocenters. The quantitative estimate of drug-likeness (QED) is 0.369. The van der Waals surface area contributed by atoms with E-state index in [1.165, 1.54) is 15.9 Å². The van der Waals surface area contributed by atoms with Crippen molar-refractivity contribution in [3.05, 3.63) is 92.4 Å². The van der Waals surface area contributed by atoms with Gasteiger partial charge >= 0.3 is 5.97 Å². The molecule has 0 N–H and O–H groups in total. The lowest BCUT2D eigenvalue weighted by Gasteiger charge is -2.02. The molecule has 0 bridgehead atoms. The van der Waals surface area contributed by atoms with Gasteiger partial charge in [0.25, 0.3) is 5.56 Å². The monoisotopic (exact) mass is 457 g/mol. The van der Waals surface area contributed by atoms with Gasteiger partial charge in [-0.05, 0) is 43.7 Å². The molecule has 0 fully saturated rings. The number of hydrogen-bond acceptors (Lipinski definition) is 7. The maximum atomic E-state index is 12.8. The second-order valence-electron chi connectivity index (χ2n) is 7.36. The van der Waals surface area contributed by atoms with E-state index in [1.54, 1.807) is 43.3 Å². The van der Waals surface area contributed by atoms with Crippen LogP contribution < -0.4 is 10.1 Å². The molecule has 0 atom stereocenters. The van der Waals surface area contributed by atoms with Crippen molar-refractivity contribution in [2.45, 2.75) is 13.8 Å². The molecule has 0 amide bonds. The predicted octanol–water partition coefficient (Wildman–Crippen LogP) is 4.11. The number of nitrogens with zero attached hydrogens (tertiary/aromatic N) is 3. The summed E-state index contributed by atoms with van der Waals surface area (Å²) in [5.41, 5.74) is 3.01. The van der Waals surface area contributed by atoms with Crippen molar-refractivity contribution in [3.63, 3.8) is 0 Å². The van der Waals surface area contributed by atoms with Crippen LogP contribution >= 0.6 is 11.3 Å². The average Bonchev–Trinajstić information content (AvgIpc) is 3.52. The topological polar surface area (TPSA) is 86.7 Å². The van der Waals surface area contributed by atoms with Crippen molar-refractivity contribution in [2.75, 3.05) is 6.61 Å². The van der Waals surface area contributed by atoms with Crippen molar-refractivity contribution in [1.82, 2.24) is 14.6 Å². The normalized spacial score (nSPS) is 11.9. The molecule has 5 rings (SSSR count). The van der Waals surface area contributed by atoms with Crippen LogP contribution in [0.2, 0.25) is 0 Å². The Hall–Kier alpha value is -4.04. The van der Waals surface area contributed by atoms with Crippen LogP contribution in [0.1, 0.15) is 28.6 Å². The molecule has 5 aromatic rings. The number of aromatic nitrogens is 3. The largest absolute Gasteiger partial charge is 0.462 e. The molecule has 0 spiro atoms. The van der Waals surface area contributed by atoms with Gasteiger partial charge in [0, 0.05) is 17.2 Å². The van der Waals surface area contributed by atoms with E-state index < -0.39 is 0 Å². The highest BCUT2D eigenvalue weighted by Gasteiger charge is 2.14. The van der Waals surface area contributed by atoms with Crippen molar-refractivity contribution in [2.24, 2.45) is 0 Å². The van der Waals surface area contributed by atoms with Crippen LogP contribution in [0.3, 0.4) is 0 Å². The lowest BCUT2D eigenvalue weighted by atomic mass is 10.1. The van der Waals surface area contributed by atoms with Crippen LogP contribution in [0.25, 0.3) is 33.7 Å². The minimum absolute atomic E-state index is 0.237. The lowest BCUT2D eigenvalue weighted by Crippen LogP contribution is -2.23. The smallest absolute Gasteiger partial charge is 0.338 e. The zero-order chi connectivity index (χ0) is 22.9. The fourth-order valence-corrected chi connectivity index (χ4v) is 4.36. The van der Waals surface area contributed by atoms with Gasteiger partial charge in [-0.15, -0.1) is 5.10 Å². The Morgan fingerprint density at radius 3 is 2.64 bits per heavy atom. The molecule has 7 nitrogen and oxygen atoms in total. The number of esters is 1. The Balaban J connectivity index is 1.43. The van der Waals surface area contributed by atoms with Crippen LogP contribution in [0.5, 0.6) is 0 Å². The van der Waals surface area contributed by atoms with Crippen LogP contribution in [0.15, 0.2) is 69.9 Å². The number of carbonyl (C=O) groups is 1. The van der Waals surface area contributed by atoms with Gasteiger partial charge < -0.3 is 9.15 Å². The van der Waals surface area contributed by atoms with Crippen molar-refractivity contribution in [3.8, 4) is 22.7 Å². The van der Waals surface area contributed by atoms with Gasteiger partial charge in [0.2, 0.25) is 4.96 Å². The zero-order valence-electron chi connectivity index (χ0n) is 17.9. The van der Waals surface area contributed by atoms with Crippen LogP contribution in [-0.4, -0.2) is 27.2 Å². The number of thiazole rings is 1. The second kappa shape index (κ2) is 8.48. The molecule has 0 aliphatic heterocycles. The fourth-order valence-electron chi connectivity index (χ4n) is 3.47. The van der Waals surface area contributed by atoms with Gasteiger partial charge in [0.05, 0.1) is 12.2 Å². The number of hydrogen-bond donors (Lipinski definition) is 0. The van der Waals surface area contributed by atoms with Gasteiger partial charge in [-0.1, -0.05) is 47.7 Å². The standard InChI is InChI=1S/C25H19N3O4S/c1-3-31-24(30)17-10-8-16(9-11-17)20-13-12-18(32-20)14-21-23(29)28-25(33-21)26-22(27-28)19-7-5-4-6-15(19)2/h4-14H,3H2,1-2H3/b21-14-. The van der Waals surface area contributed by atoms with Crippen LogP contribution in [0.4, 0.5) is 0 Å². The average molecular weight is 458 g/mol. The number of ether oxygens (including phenoxy) is 1. The summed E-state index contributed by atoms with van der Waals surface area (Å²) in [5.74, 6) is 1.35. The minimum atomic E-state index is -0.359. The number of furan rings is 1. The molecule has 8 heteroatoms. The third kappa shape index (κ3) is 3.96. The van der Waals surface area contributed by atoms with E-state index in [1.807, 2.05) is 37.3 Å². The SMILES string of the molecule is CCOC(=O)c1ccc(-c2ccc(/C=c3\sc4nc(-c5ccccc5C)nn4c3=O)o2)cc1. The first kappa shape index (κ1) is 20.8. The lowest BCUT2D eigenvalue weighted by molar-refractivity contribution is 0.0526. The molecule has 3 heterocycles. The molecule has 0 saturated heterocycles. The molecule has 0 aliphatic rings. The van der Waals surface area contributed by atoms with Gasteiger partial charge in [-0.3, -0.25) is 4.79 Å². The fraction of sp³-hybridized carbons (Fsp3) is 0.120. The van der Waals surface area contributed by atoms with E-state index in [4.69, 9.17) is 9.15 Å². The summed E-state index contributed by atoms with van der Waals surface area (Å²) in [6.45, 7) is 4.08. The summed E-state index contributed by atoms with van der Waals surface area (Å²) >= 11 is 1.26. The Kier molecular flexibility index (Phi) is 5.35. The minimum Gasteiger partial charge on any atom is -0.462 e. The molecule has 0 aliphatic carbocycles. The maximum absolute atomic E-state index is 12.8. The molecule has 0 radical (unpaired) electrons. The second-order valence-corrected chi connectivity index (χ2v) is 8.37. The molecule has 3 aromatic heterocycles.